The number of aromatic nitrogens is 1. The van der Waals surface area contributed by atoms with Gasteiger partial charge in [-0.15, -0.1) is 0 Å². The van der Waals surface area contributed by atoms with Crippen LogP contribution in [0.15, 0.2) is 84.9 Å². The molecule has 0 unspecified atom stereocenters. The van der Waals surface area contributed by atoms with Crippen LogP contribution in [-0.4, -0.2) is 46.8 Å². The van der Waals surface area contributed by atoms with Crippen LogP contribution in [0.5, 0.6) is 5.75 Å². The first-order valence-corrected chi connectivity index (χ1v) is 15.5. The van der Waals surface area contributed by atoms with Crippen molar-refractivity contribution in [2.45, 2.75) is 51.1 Å². The van der Waals surface area contributed by atoms with E-state index in [4.69, 9.17) is 15.5 Å². The van der Waals surface area contributed by atoms with E-state index in [9.17, 15) is 14.4 Å². The fraction of sp³-hybridized carbons (Fsp3) is 0.278. The Labute approximate surface area is 262 Å². The number of hydrogen-bond acceptors (Lipinski definition) is 6. The average Bonchev–Trinajstić information content (AvgIpc) is 3.91. The zero-order chi connectivity index (χ0) is 31.2. The number of hydrogen-bond donors (Lipinski definition) is 3. The monoisotopic (exact) mass is 603 g/mol. The minimum absolute atomic E-state index is 0.0648. The van der Waals surface area contributed by atoms with Crippen molar-refractivity contribution in [1.29, 1.82) is 0 Å². The van der Waals surface area contributed by atoms with Crippen LogP contribution in [0, 0.1) is 0 Å². The molecular weight excluding hydrogens is 566 g/mol. The normalized spacial score (nSPS) is 13.8. The Balaban J connectivity index is 1.06. The highest BCUT2D eigenvalue weighted by Gasteiger charge is 2.33. The quantitative estimate of drug-likeness (QED) is 0.176. The molecule has 4 aromatic rings. The number of pyridine rings is 1. The summed E-state index contributed by atoms with van der Waals surface area (Å²) in [6.45, 7) is 1.09. The number of amides is 3. The van der Waals surface area contributed by atoms with Crippen molar-refractivity contribution in [3.05, 3.63) is 107 Å². The highest BCUT2D eigenvalue weighted by atomic mass is 16.5. The van der Waals surface area contributed by atoms with Crippen LogP contribution in [0.3, 0.4) is 0 Å². The first kappa shape index (κ1) is 30.0. The number of nitrogens with one attached hydrogen (secondary N) is 2. The number of carbonyl (C=O) groups is 3. The van der Waals surface area contributed by atoms with E-state index < -0.39 is 0 Å². The van der Waals surface area contributed by atoms with E-state index in [-0.39, 0.29) is 30.4 Å². The molecule has 3 aromatic carbocycles. The van der Waals surface area contributed by atoms with Gasteiger partial charge in [-0.3, -0.25) is 19.4 Å². The Kier molecular flexibility index (Phi) is 9.17. The van der Waals surface area contributed by atoms with E-state index in [1.54, 1.807) is 30.3 Å². The molecule has 2 heterocycles. The number of nitrogens with zero attached hydrogens (tertiary/aromatic N) is 2. The highest BCUT2D eigenvalue weighted by Crippen LogP contribution is 2.33. The largest absolute Gasteiger partial charge is 0.482 e. The highest BCUT2D eigenvalue weighted by molar-refractivity contribution is 6.04. The van der Waals surface area contributed by atoms with Gasteiger partial charge in [-0.1, -0.05) is 36.8 Å². The second-order valence-electron chi connectivity index (χ2n) is 11.6. The fourth-order valence-electron chi connectivity index (χ4n) is 5.42. The van der Waals surface area contributed by atoms with E-state index in [1.807, 2.05) is 53.4 Å². The van der Waals surface area contributed by atoms with Gasteiger partial charge in [0.15, 0.2) is 6.61 Å². The molecule has 45 heavy (non-hydrogen) atoms. The molecule has 0 saturated heterocycles. The molecule has 9 heteroatoms. The smallest absolute Gasteiger partial charge is 0.262 e. The molecule has 1 aliphatic carbocycles. The lowest BCUT2D eigenvalue weighted by Crippen LogP contribution is -2.33. The summed E-state index contributed by atoms with van der Waals surface area (Å²) < 4.78 is 5.50. The summed E-state index contributed by atoms with van der Waals surface area (Å²) in [5, 5.41) is 5.72. The van der Waals surface area contributed by atoms with Crippen molar-refractivity contribution in [3.8, 4) is 17.0 Å². The van der Waals surface area contributed by atoms with E-state index >= 15 is 0 Å². The molecular formula is C36H37N5O4. The van der Waals surface area contributed by atoms with Gasteiger partial charge >= 0.3 is 0 Å². The molecule has 1 fully saturated rings. The van der Waals surface area contributed by atoms with Gasteiger partial charge in [0.1, 0.15) is 5.75 Å². The van der Waals surface area contributed by atoms with Crippen LogP contribution in [0.4, 0.5) is 11.4 Å². The van der Waals surface area contributed by atoms with Crippen molar-refractivity contribution < 1.29 is 19.1 Å². The number of ether oxygens (including phenoxy) is 1. The van der Waals surface area contributed by atoms with E-state index in [1.165, 1.54) is 0 Å². The van der Waals surface area contributed by atoms with Gasteiger partial charge in [0, 0.05) is 40.7 Å². The van der Waals surface area contributed by atoms with Gasteiger partial charge in [-0.2, -0.15) is 0 Å². The average molecular weight is 604 g/mol. The van der Waals surface area contributed by atoms with Gasteiger partial charge in [0.2, 0.25) is 0 Å². The fourth-order valence-corrected chi connectivity index (χ4v) is 5.42. The second-order valence-corrected chi connectivity index (χ2v) is 11.6. The zero-order valence-corrected chi connectivity index (χ0v) is 25.1. The van der Waals surface area contributed by atoms with Crippen LogP contribution < -0.4 is 21.1 Å². The van der Waals surface area contributed by atoms with Crippen molar-refractivity contribution in [2.24, 2.45) is 5.73 Å². The lowest BCUT2D eigenvalue weighted by atomic mass is 10.1. The van der Waals surface area contributed by atoms with Gasteiger partial charge in [-0.05, 0) is 98.8 Å². The van der Waals surface area contributed by atoms with Crippen LogP contribution in [0.2, 0.25) is 0 Å². The number of rotatable bonds is 12. The summed E-state index contributed by atoms with van der Waals surface area (Å²) >= 11 is 0. The van der Waals surface area contributed by atoms with Crippen molar-refractivity contribution in [3.63, 3.8) is 0 Å². The summed E-state index contributed by atoms with van der Waals surface area (Å²) in [5.74, 6) is -0.00808. The third-order valence-electron chi connectivity index (χ3n) is 8.06. The number of carbonyl (C=O) groups excluding carboxylic acids is 3. The molecule has 0 radical (unpaired) electrons. The maximum atomic E-state index is 13.5. The van der Waals surface area contributed by atoms with Crippen LogP contribution in [0.1, 0.15) is 64.1 Å². The summed E-state index contributed by atoms with van der Waals surface area (Å²) in [4.78, 5) is 44.7. The zero-order valence-electron chi connectivity index (χ0n) is 25.1. The number of unbranched alkanes of at least 4 members (excludes halogenated alkanes) is 2. The minimum Gasteiger partial charge on any atom is -0.482 e. The molecule has 3 amide bonds. The first-order chi connectivity index (χ1) is 22.0. The first-order valence-electron chi connectivity index (χ1n) is 15.5. The number of nitrogens with two attached hydrogens (primary N) is 1. The Hall–Kier alpha value is -5.02. The third-order valence-corrected chi connectivity index (χ3v) is 8.06. The van der Waals surface area contributed by atoms with Gasteiger partial charge in [-0.25, -0.2) is 0 Å². The van der Waals surface area contributed by atoms with Crippen LogP contribution >= 0.6 is 0 Å². The van der Waals surface area contributed by atoms with Gasteiger partial charge in [0.05, 0.1) is 11.4 Å². The molecule has 1 saturated carbocycles. The third kappa shape index (κ3) is 7.56. The van der Waals surface area contributed by atoms with E-state index in [0.717, 1.165) is 67.6 Å². The summed E-state index contributed by atoms with van der Waals surface area (Å²) in [5.41, 5.74) is 11.8. The Morgan fingerprint density at radius 2 is 1.71 bits per heavy atom. The molecule has 0 spiro atoms. The predicted molar refractivity (Wildman–Crippen MR) is 174 cm³/mol. The summed E-state index contributed by atoms with van der Waals surface area (Å²) in [7, 11) is 0. The van der Waals surface area contributed by atoms with Crippen molar-refractivity contribution in [2.75, 3.05) is 23.8 Å². The lowest BCUT2D eigenvalue weighted by Gasteiger charge is -2.24. The molecule has 230 valence electrons. The molecule has 0 atom stereocenters. The van der Waals surface area contributed by atoms with E-state index in [2.05, 4.69) is 16.7 Å². The molecule has 9 nitrogen and oxygen atoms in total. The number of aryl methyl sites for hydroxylation is 1. The second kappa shape index (κ2) is 13.7. The number of anilines is 2. The SMILES string of the molecule is NCCCCCc1cccc(-c2ccc(NC(=O)c3ccc(CN(C(=O)c4ccc5c(c4)OCC(=O)N5)C4CC4)cc3)cc2)n1. The maximum absolute atomic E-state index is 13.5. The molecule has 6 rings (SSSR count). The molecule has 0 bridgehead atoms. The molecule has 2 aliphatic rings. The Bertz CT molecular complexity index is 1680. The van der Waals surface area contributed by atoms with E-state index in [0.29, 0.717) is 34.8 Å². The summed E-state index contributed by atoms with van der Waals surface area (Å²) in [6.07, 6.45) is 6.06. The number of fused-ring (bicyclic) bond motifs is 1. The topological polar surface area (TPSA) is 127 Å². The van der Waals surface area contributed by atoms with Crippen LogP contribution in [0.25, 0.3) is 11.3 Å². The molecule has 1 aromatic heterocycles. The Morgan fingerprint density at radius 3 is 2.47 bits per heavy atom. The maximum Gasteiger partial charge on any atom is 0.262 e. The van der Waals surface area contributed by atoms with Gasteiger partial charge < -0.3 is 26.0 Å². The Morgan fingerprint density at radius 1 is 0.933 bits per heavy atom. The molecule has 4 N–H and O–H groups in total. The lowest BCUT2D eigenvalue weighted by molar-refractivity contribution is -0.118. The summed E-state index contributed by atoms with van der Waals surface area (Å²) in [6, 6.07) is 26.4. The van der Waals surface area contributed by atoms with Gasteiger partial charge in [0.25, 0.3) is 17.7 Å². The predicted octanol–water partition coefficient (Wildman–Crippen LogP) is 5.81. The molecule has 1 aliphatic heterocycles. The number of benzene rings is 3. The van der Waals surface area contributed by atoms with Crippen molar-refractivity contribution in [1.82, 2.24) is 9.88 Å². The standard InChI is InChI=1S/C36H37N5O4/c37-20-3-1-2-5-28-6-4-7-31(38-28)25-12-15-29(16-13-25)39-35(43)26-10-8-24(9-11-26)22-41(30-17-18-30)36(44)27-14-19-32-33(21-27)45-23-34(42)40-32/h4,6-16,19,21,30H,1-3,5,17-18,20,22-23,37H2,(H,39,43)(H,40,42). The minimum atomic E-state index is -0.212. The van der Waals surface area contributed by atoms with Crippen molar-refractivity contribution >= 4 is 29.1 Å². The van der Waals surface area contributed by atoms with Crippen LogP contribution in [-0.2, 0) is 17.8 Å².